The summed E-state index contributed by atoms with van der Waals surface area (Å²) < 4.78 is 4.99. The molecule has 2 N–H and O–H groups in total. The first kappa shape index (κ1) is 23.3. The first-order valence-electron chi connectivity index (χ1n) is 8.51. The minimum Gasteiger partial charge on any atom is -0.482 e. The highest BCUT2D eigenvalue weighted by Gasteiger charge is 2.30. The van der Waals surface area contributed by atoms with E-state index in [1.807, 2.05) is 0 Å². The third-order valence-corrected chi connectivity index (χ3v) is 5.62. The van der Waals surface area contributed by atoms with Crippen molar-refractivity contribution in [2.75, 3.05) is 6.61 Å². The zero-order chi connectivity index (χ0) is 21.4. The molecule has 2 rings (SSSR count). The molecule has 0 radical (unpaired) electrons. The molecule has 1 unspecified atom stereocenters. The van der Waals surface area contributed by atoms with Crippen molar-refractivity contribution >= 4 is 56.8 Å². The van der Waals surface area contributed by atoms with Gasteiger partial charge in [0, 0.05) is 16.0 Å². The summed E-state index contributed by atoms with van der Waals surface area (Å²) in [5.41, 5.74) is 1.50. The Balaban J connectivity index is 2.05. The molecule has 0 spiro atoms. The summed E-state index contributed by atoms with van der Waals surface area (Å²) in [6, 6.07) is 12.2. The fourth-order valence-electron chi connectivity index (χ4n) is 2.47. The van der Waals surface area contributed by atoms with Crippen LogP contribution in [-0.4, -0.2) is 34.0 Å². The summed E-state index contributed by atoms with van der Waals surface area (Å²) >= 11 is 10.1. The maximum atomic E-state index is 12.4. The van der Waals surface area contributed by atoms with E-state index >= 15 is 0 Å². The molecule has 29 heavy (non-hydrogen) atoms. The van der Waals surface area contributed by atoms with Crippen LogP contribution in [0.15, 0.2) is 46.9 Å². The summed E-state index contributed by atoms with van der Waals surface area (Å²) in [5, 5.41) is 11.9. The van der Waals surface area contributed by atoms with Gasteiger partial charge in [-0.2, -0.15) is 0 Å². The van der Waals surface area contributed by atoms with Crippen LogP contribution < -0.4 is 10.1 Å². The van der Waals surface area contributed by atoms with Gasteiger partial charge in [-0.1, -0.05) is 51.4 Å². The minimum absolute atomic E-state index is 0.184. The van der Waals surface area contributed by atoms with E-state index in [-0.39, 0.29) is 11.7 Å². The Kier molecular flexibility index (Phi) is 8.55. The average Bonchev–Trinajstić information content (AvgIpc) is 2.66. The lowest BCUT2D eigenvalue weighted by Crippen LogP contribution is -2.31. The van der Waals surface area contributed by atoms with Gasteiger partial charge in [0.25, 0.3) is 5.24 Å². The number of aliphatic carboxylic acids is 1. The highest BCUT2D eigenvalue weighted by molar-refractivity contribution is 9.10. The van der Waals surface area contributed by atoms with Crippen molar-refractivity contribution < 1.29 is 24.2 Å². The van der Waals surface area contributed by atoms with Gasteiger partial charge >= 0.3 is 5.97 Å². The third-order valence-electron chi connectivity index (χ3n) is 3.84. The van der Waals surface area contributed by atoms with E-state index in [0.29, 0.717) is 29.2 Å². The molecule has 0 aliphatic rings. The molecule has 0 heterocycles. The van der Waals surface area contributed by atoms with Crippen LogP contribution in [0.3, 0.4) is 0 Å². The second kappa shape index (κ2) is 10.7. The van der Waals surface area contributed by atoms with Gasteiger partial charge in [-0.05, 0) is 54.8 Å². The lowest BCUT2D eigenvalue weighted by Gasteiger charge is -2.23. The van der Waals surface area contributed by atoms with Gasteiger partial charge in [0.05, 0.1) is 4.75 Å². The number of amides is 1. The summed E-state index contributed by atoms with van der Waals surface area (Å²) in [7, 11) is 0. The fourth-order valence-corrected chi connectivity index (χ4v) is 3.85. The number of aldehydes is 1. The van der Waals surface area contributed by atoms with Crippen LogP contribution in [0.1, 0.15) is 18.1 Å². The van der Waals surface area contributed by atoms with Crippen molar-refractivity contribution in [3.05, 3.63) is 63.1 Å². The van der Waals surface area contributed by atoms with E-state index in [1.54, 1.807) is 49.4 Å². The number of ether oxygens (including phenoxy) is 1. The zero-order valence-electron chi connectivity index (χ0n) is 15.5. The van der Waals surface area contributed by atoms with E-state index in [4.69, 9.17) is 21.4 Å². The number of carboxylic acid groups (broad SMARTS) is 1. The minimum atomic E-state index is -1.10. The van der Waals surface area contributed by atoms with Gasteiger partial charge in [0.2, 0.25) is 0 Å². The molecular formula is C20H19BrClNO5S. The monoisotopic (exact) mass is 499 g/mol. The second-order valence-electron chi connectivity index (χ2n) is 6.41. The Labute approximate surface area is 186 Å². The quantitative estimate of drug-likeness (QED) is 0.485. The smallest absolute Gasteiger partial charge is 0.341 e. The average molecular weight is 501 g/mol. The molecule has 9 heteroatoms. The van der Waals surface area contributed by atoms with Gasteiger partial charge in [-0.25, -0.2) is 4.79 Å². The molecule has 1 amide bonds. The fraction of sp³-hybridized carbons (Fsp3) is 0.250. The molecule has 0 aromatic heterocycles. The van der Waals surface area contributed by atoms with Crippen LogP contribution in [0.5, 0.6) is 5.75 Å². The van der Waals surface area contributed by atoms with E-state index in [0.717, 1.165) is 21.8 Å². The van der Waals surface area contributed by atoms with E-state index in [9.17, 15) is 14.4 Å². The highest BCUT2D eigenvalue weighted by Crippen LogP contribution is 2.33. The summed E-state index contributed by atoms with van der Waals surface area (Å²) in [5.74, 6) is -0.751. The standard InChI is InChI=1S/C20H19BrClNO5S/c1-20(12-24,29-19(27)23-10-13-2-5-16(22)6-3-13)9-14-8-15(21)4-7-17(14)28-11-18(25)26/h2-8,12H,9-11H2,1H3,(H,23,27)(H,25,26). The SMILES string of the molecule is CC(C=O)(Cc1cc(Br)ccc1OCC(=O)O)SC(=O)NCc1ccc(Cl)cc1. The van der Waals surface area contributed by atoms with Crippen LogP contribution in [0, 0.1) is 0 Å². The summed E-state index contributed by atoms with van der Waals surface area (Å²) in [4.78, 5) is 34.9. The van der Waals surface area contributed by atoms with Crippen molar-refractivity contribution in [1.82, 2.24) is 5.32 Å². The molecular weight excluding hydrogens is 482 g/mol. The number of thioether (sulfide) groups is 1. The zero-order valence-corrected chi connectivity index (χ0v) is 18.6. The number of hydrogen-bond donors (Lipinski definition) is 2. The van der Waals surface area contributed by atoms with Crippen molar-refractivity contribution in [3.8, 4) is 5.75 Å². The topological polar surface area (TPSA) is 92.7 Å². The van der Waals surface area contributed by atoms with Gasteiger partial charge in [0.15, 0.2) is 6.61 Å². The molecule has 0 fully saturated rings. The number of carboxylic acids is 1. The van der Waals surface area contributed by atoms with Crippen molar-refractivity contribution in [1.29, 1.82) is 0 Å². The number of carbonyl (C=O) groups is 3. The summed E-state index contributed by atoms with van der Waals surface area (Å²) in [6.45, 7) is 1.46. The number of carbonyl (C=O) groups excluding carboxylic acids is 2. The Morgan fingerprint density at radius 1 is 1.28 bits per heavy atom. The molecule has 6 nitrogen and oxygen atoms in total. The molecule has 2 aromatic carbocycles. The predicted octanol–water partition coefficient (Wildman–Crippen LogP) is 4.71. The molecule has 0 aliphatic carbocycles. The molecule has 0 saturated carbocycles. The lowest BCUT2D eigenvalue weighted by molar-refractivity contribution is -0.139. The third kappa shape index (κ3) is 7.72. The van der Waals surface area contributed by atoms with Gasteiger partial charge in [-0.15, -0.1) is 0 Å². The van der Waals surface area contributed by atoms with Crippen molar-refractivity contribution in [3.63, 3.8) is 0 Å². The second-order valence-corrected chi connectivity index (χ2v) is 9.27. The van der Waals surface area contributed by atoms with Crippen LogP contribution in [-0.2, 0) is 22.6 Å². The van der Waals surface area contributed by atoms with Crippen molar-refractivity contribution in [2.24, 2.45) is 0 Å². The van der Waals surface area contributed by atoms with Gasteiger partial charge in [0.1, 0.15) is 12.0 Å². The first-order chi connectivity index (χ1) is 13.7. The normalized spacial score (nSPS) is 12.7. The van der Waals surface area contributed by atoms with Crippen LogP contribution in [0.2, 0.25) is 5.02 Å². The predicted molar refractivity (Wildman–Crippen MR) is 117 cm³/mol. The van der Waals surface area contributed by atoms with E-state index in [2.05, 4.69) is 21.2 Å². The largest absolute Gasteiger partial charge is 0.482 e. The number of hydrogen-bond acceptors (Lipinski definition) is 5. The van der Waals surface area contributed by atoms with Gasteiger partial charge in [-0.3, -0.25) is 4.79 Å². The molecule has 0 aliphatic heterocycles. The number of nitrogens with one attached hydrogen (secondary N) is 1. The Morgan fingerprint density at radius 2 is 1.97 bits per heavy atom. The van der Waals surface area contributed by atoms with Crippen LogP contribution in [0.4, 0.5) is 4.79 Å². The Morgan fingerprint density at radius 3 is 2.59 bits per heavy atom. The maximum absolute atomic E-state index is 12.4. The Hall–Kier alpha value is -2.03. The molecule has 1 atom stereocenters. The highest BCUT2D eigenvalue weighted by atomic mass is 79.9. The number of halogens is 2. The molecule has 2 aromatic rings. The molecule has 0 saturated heterocycles. The van der Waals surface area contributed by atoms with Gasteiger partial charge < -0.3 is 20.0 Å². The molecule has 0 bridgehead atoms. The van der Waals surface area contributed by atoms with E-state index < -0.39 is 17.3 Å². The first-order valence-corrected chi connectivity index (χ1v) is 10.5. The Bertz CT molecular complexity index is 893. The maximum Gasteiger partial charge on any atom is 0.341 e. The summed E-state index contributed by atoms with van der Waals surface area (Å²) in [6.07, 6.45) is 0.894. The van der Waals surface area contributed by atoms with Crippen LogP contribution in [0.25, 0.3) is 0 Å². The van der Waals surface area contributed by atoms with Crippen molar-refractivity contribution in [2.45, 2.75) is 24.6 Å². The number of benzene rings is 2. The van der Waals surface area contributed by atoms with E-state index in [1.165, 1.54) is 0 Å². The van der Waals surface area contributed by atoms with Crippen LogP contribution >= 0.6 is 39.3 Å². The lowest BCUT2D eigenvalue weighted by atomic mass is 10.0. The molecule has 154 valence electrons. The number of rotatable bonds is 9.